The predicted molar refractivity (Wildman–Crippen MR) is 43.2 cm³/mol. The van der Waals surface area contributed by atoms with Crippen LogP contribution in [0.5, 0.6) is 0 Å². The molecule has 0 aliphatic rings. The van der Waals surface area contributed by atoms with E-state index < -0.39 is 5.38 Å². The third-order valence-corrected chi connectivity index (χ3v) is 1.65. The summed E-state index contributed by atoms with van der Waals surface area (Å²) in [4.78, 5) is 12.7. The van der Waals surface area contributed by atoms with E-state index in [4.69, 9.17) is 11.6 Å². The van der Waals surface area contributed by atoms with Crippen molar-refractivity contribution in [1.82, 2.24) is 4.90 Å². The van der Waals surface area contributed by atoms with Crippen LogP contribution < -0.4 is 0 Å². The second-order valence-corrected chi connectivity index (χ2v) is 3.31. The molecule has 0 rings (SSSR count). The third-order valence-electron chi connectivity index (χ3n) is 1.46. The summed E-state index contributed by atoms with van der Waals surface area (Å²) in [6, 6.07) is 0.230. The Hall–Kier alpha value is -0.240. The Morgan fingerprint density at radius 3 is 1.90 bits per heavy atom. The number of halogens is 1. The molecule has 60 valence electrons. The molecule has 0 aliphatic carbocycles. The molecule has 0 saturated carbocycles. The van der Waals surface area contributed by atoms with Gasteiger partial charge in [0.05, 0.1) is 0 Å². The minimum Gasteiger partial charge on any atom is -0.342 e. The molecule has 3 heteroatoms. The molecule has 0 radical (unpaired) electrons. The van der Waals surface area contributed by atoms with Crippen LogP contribution in [0.2, 0.25) is 0 Å². The number of rotatable bonds is 2. The molecule has 0 aliphatic heterocycles. The van der Waals surface area contributed by atoms with Crippen molar-refractivity contribution in [3.05, 3.63) is 0 Å². The lowest BCUT2D eigenvalue weighted by Crippen LogP contribution is -2.37. The van der Waals surface area contributed by atoms with Gasteiger partial charge in [0.1, 0.15) is 5.38 Å². The number of hydrogen-bond acceptors (Lipinski definition) is 1. The van der Waals surface area contributed by atoms with Crippen LogP contribution in [-0.2, 0) is 4.79 Å². The molecule has 0 aromatic carbocycles. The van der Waals surface area contributed by atoms with E-state index in [9.17, 15) is 4.79 Å². The number of amides is 1. The molecule has 0 fully saturated rings. The van der Waals surface area contributed by atoms with Gasteiger partial charge in [-0.15, -0.1) is 11.6 Å². The van der Waals surface area contributed by atoms with Crippen LogP contribution in [0.1, 0.15) is 20.8 Å². The molecule has 0 bridgehead atoms. The van der Waals surface area contributed by atoms with Gasteiger partial charge in [0, 0.05) is 13.1 Å². The maximum atomic E-state index is 11.1. The Balaban J connectivity index is 3.95. The van der Waals surface area contributed by atoms with Crippen LogP contribution >= 0.6 is 11.6 Å². The van der Waals surface area contributed by atoms with E-state index in [1.54, 1.807) is 18.9 Å². The number of nitrogens with zero attached hydrogens (tertiary/aromatic N) is 1. The molecule has 2 nitrogen and oxygen atoms in total. The first-order valence-electron chi connectivity index (χ1n) is 3.37. The monoisotopic (exact) mass is 163 g/mol. The molecule has 0 saturated heterocycles. The average molecular weight is 164 g/mol. The van der Waals surface area contributed by atoms with Crippen molar-refractivity contribution in [2.24, 2.45) is 0 Å². The van der Waals surface area contributed by atoms with Crippen LogP contribution in [0.3, 0.4) is 0 Å². The van der Waals surface area contributed by atoms with Gasteiger partial charge in [-0.3, -0.25) is 4.79 Å². The van der Waals surface area contributed by atoms with E-state index in [0.717, 1.165) is 0 Å². The maximum absolute atomic E-state index is 11.1. The van der Waals surface area contributed by atoms with Crippen molar-refractivity contribution in [3.63, 3.8) is 0 Å². The Kier molecular flexibility index (Phi) is 3.72. The van der Waals surface area contributed by atoms with Crippen molar-refractivity contribution in [2.75, 3.05) is 7.05 Å². The maximum Gasteiger partial charge on any atom is 0.240 e. The van der Waals surface area contributed by atoms with E-state index in [2.05, 4.69) is 0 Å². The smallest absolute Gasteiger partial charge is 0.240 e. The van der Waals surface area contributed by atoms with E-state index in [1.165, 1.54) is 0 Å². The topological polar surface area (TPSA) is 20.3 Å². The molecule has 1 atom stereocenters. The van der Waals surface area contributed by atoms with Crippen molar-refractivity contribution in [1.29, 1.82) is 0 Å². The van der Waals surface area contributed by atoms with Crippen molar-refractivity contribution < 1.29 is 4.79 Å². The summed E-state index contributed by atoms with van der Waals surface area (Å²) in [5.41, 5.74) is 0. The van der Waals surface area contributed by atoms with Crippen molar-refractivity contribution in [3.8, 4) is 0 Å². The lowest BCUT2D eigenvalue weighted by atomic mass is 10.3. The molecule has 1 amide bonds. The van der Waals surface area contributed by atoms with Crippen LogP contribution in [0.4, 0.5) is 0 Å². The minimum atomic E-state index is -0.410. The summed E-state index contributed by atoms with van der Waals surface area (Å²) >= 11 is 5.58. The molecule has 0 spiro atoms. The standard InChI is InChI=1S/C7H14ClNO/c1-5(2)9(4)7(10)6(3)8/h5-6H,1-4H3. The van der Waals surface area contributed by atoms with Gasteiger partial charge in [0.25, 0.3) is 0 Å². The Bertz CT molecular complexity index is 123. The summed E-state index contributed by atoms with van der Waals surface area (Å²) in [6.45, 7) is 5.59. The van der Waals surface area contributed by atoms with Gasteiger partial charge in [-0.2, -0.15) is 0 Å². The zero-order valence-corrected chi connectivity index (χ0v) is 7.64. The van der Waals surface area contributed by atoms with Crippen molar-refractivity contribution >= 4 is 17.5 Å². The van der Waals surface area contributed by atoms with Crippen LogP contribution in [0, 0.1) is 0 Å². The largest absolute Gasteiger partial charge is 0.342 e. The second kappa shape index (κ2) is 3.81. The molecule has 0 N–H and O–H groups in total. The molecule has 1 unspecified atom stereocenters. The fourth-order valence-electron chi connectivity index (χ4n) is 0.535. The first kappa shape index (κ1) is 9.76. The van der Waals surface area contributed by atoms with Gasteiger partial charge in [0.15, 0.2) is 0 Å². The molecular weight excluding hydrogens is 150 g/mol. The molecule has 0 heterocycles. The van der Waals surface area contributed by atoms with E-state index in [-0.39, 0.29) is 11.9 Å². The summed E-state index contributed by atoms with van der Waals surface area (Å²) in [5, 5.41) is -0.410. The highest BCUT2D eigenvalue weighted by molar-refractivity contribution is 6.30. The fraction of sp³-hybridized carbons (Fsp3) is 0.857. The predicted octanol–water partition coefficient (Wildman–Crippen LogP) is 1.48. The van der Waals surface area contributed by atoms with Crippen LogP contribution in [-0.4, -0.2) is 29.3 Å². The molecule has 10 heavy (non-hydrogen) atoms. The Morgan fingerprint density at radius 1 is 1.40 bits per heavy atom. The first-order chi connectivity index (χ1) is 4.46. The summed E-state index contributed by atoms with van der Waals surface area (Å²) in [6.07, 6.45) is 0. The molecule has 0 aromatic heterocycles. The van der Waals surface area contributed by atoms with E-state index >= 15 is 0 Å². The van der Waals surface area contributed by atoms with E-state index in [1.807, 2.05) is 13.8 Å². The third kappa shape index (κ3) is 2.56. The zero-order chi connectivity index (χ0) is 8.31. The normalized spacial score (nSPS) is 13.4. The van der Waals surface area contributed by atoms with E-state index in [0.29, 0.717) is 0 Å². The van der Waals surface area contributed by atoms with Gasteiger partial charge >= 0.3 is 0 Å². The van der Waals surface area contributed by atoms with Gasteiger partial charge in [0.2, 0.25) is 5.91 Å². The quantitative estimate of drug-likeness (QED) is 0.565. The van der Waals surface area contributed by atoms with Gasteiger partial charge in [-0.1, -0.05) is 0 Å². The lowest BCUT2D eigenvalue weighted by molar-refractivity contribution is -0.130. The SMILES string of the molecule is CC(Cl)C(=O)N(C)C(C)C. The molecular formula is C7H14ClNO. The van der Waals surface area contributed by atoms with Crippen molar-refractivity contribution in [2.45, 2.75) is 32.2 Å². The Labute approximate surface area is 67.2 Å². The minimum absolute atomic E-state index is 0.0170. The second-order valence-electron chi connectivity index (χ2n) is 2.66. The number of hydrogen-bond donors (Lipinski definition) is 0. The van der Waals surface area contributed by atoms with Crippen LogP contribution in [0.25, 0.3) is 0 Å². The highest BCUT2D eigenvalue weighted by Crippen LogP contribution is 2.02. The van der Waals surface area contributed by atoms with Gasteiger partial charge < -0.3 is 4.90 Å². The summed E-state index contributed by atoms with van der Waals surface area (Å²) in [5.74, 6) is -0.0170. The highest BCUT2D eigenvalue weighted by Gasteiger charge is 2.16. The average Bonchev–Trinajstić information content (AvgIpc) is 1.84. The zero-order valence-electron chi connectivity index (χ0n) is 6.89. The number of alkyl halides is 1. The lowest BCUT2D eigenvalue weighted by Gasteiger charge is -2.22. The number of carbonyl (C=O) groups is 1. The van der Waals surface area contributed by atoms with Gasteiger partial charge in [-0.05, 0) is 20.8 Å². The summed E-state index contributed by atoms with van der Waals surface area (Å²) in [7, 11) is 1.76. The Morgan fingerprint density at radius 2 is 1.80 bits per heavy atom. The first-order valence-corrected chi connectivity index (χ1v) is 3.81. The fourth-order valence-corrected chi connectivity index (χ4v) is 0.689. The summed E-state index contributed by atoms with van der Waals surface area (Å²) < 4.78 is 0. The molecule has 0 aromatic rings. The highest BCUT2D eigenvalue weighted by atomic mass is 35.5. The van der Waals surface area contributed by atoms with Crippen LogP contribution in [0.15, 0.2) is 0 Å². The van der Waals surface area contributed by atoms with Gasteiger partial charge in [-0.25, -0.2) is 0 Å². The number of carbonyl (C=O) groups excluding carboxylic acids is 1.